The van der Waals surface area contributed by atoms with Crippen molar-refractivity contribution in [3.8, 4) is 0 Å². The molecule has 26 heavy (non-hydrogen) atoms. The molecule has 146 valence electrons. The summed E-state index contributed by atoms with van der Waals surface area (Å²) in [5.41, 5.74) is -0.807. The molecule has 0 aromatic heterocycles. The highest BCUT2D eigenvalue weighted by molar-refractivity contribution is 5.88. The van der Waals surface area contributed by atoms with Gasteiger partial charge in [0.2, 0.25) is 0 Å². The Morgan fingerprint density at radius 2 is 1.54 bits per heavy atom. The van der Waals surface area contributed by atoms with Crippen molar-refractivity contribution in [2.75, 3.05) is 13.2 Å². The number of amides is 1. The van der Waals surface area contributed by atoms with Gasteiger partial charge in [-0.25, -0.2) is 4.79 Å². The lowest BCUT2D eigenvalue weighted by molar-refractivity contribution is -0.157. The standard InChI is InChI=1S/C20H31NO5/c1-19(2,3)26-18(24)21-5-4-17(23)25-12-16(22)20-9-13-6-14(10-20)8-15(7-13)11-20/h13-15H,4-12H2,1-3H3,(H,21,24). The Balaban J connectivity index is 1.38. The van der Waals surface area contributed by atoms with E-state index < -0.39 is 17.7 Å². The van der Waals surface area contributed by atoms with Crippen LogP contribution >= 0.6 is 0 Å². The van der Waals surface area contributed by atoms with E-state index in [4.69, 9.17) is 9.47 Å². The molecular formula is C20H31NO5. The first-order chi connectivity index (χ1) is 12.2. The number of hydrogen-bond acceptors (Lipinski definition) is 5. The third-order valence-electron chi connectivity index (χ3n) is 5.99. The minimum absolute atomic E-state index is 0.0351. The van der Waals surface area contributed by atoms with Crippen LogP contribution in [-0.2, 0) is 19.1 Å². The summed E-state index contributed by atoms with van der Waals surface area (Å²) in [5.74, 6) is 1.72. The normalized spacial score (nSPS) is 32.2. The summed E-state index contributed by atoms with van der Waals surface area (Å²) in [5, 5.41) is 2.52. The molecule has 0 spiro atoms. The quantitative estimate of drug-likeness (QED) is 0.731. The van der Waals surface area contributed by atoms with Crippen molar-refractivity contribution in [3.05, 3.63) is 0 Å². The van der Waals surface area contributed by atoms with Gasteiger partial charge in [-0.3, -0.25) is 9.59 Å². The first kappa shape index (κ1) is 19.2. The molecule has 4 aliphatic carbocycles. The Morgan fingerprint density at radius 3 is 2.04 bits per heavy atom. The highest BCUT2D eigenvalue weighted by Gasteiger charge is 2.54. The zero-order chi connectivity index (χ0) is 18.9. The van der Waals surface area contributed by atoms with Gasteiger partial charge in [0.1, 0.15) is 5.60 Å². The van der Waals surface area contributed by atoms with E-state index >= 15 is 0 Å². The second kappa shape index (κ2) is 7.20. The summed E-state index contributed by atoms with van der Waals surface area (Å²) in [6.45, 7) is 5.33. The van der Waals surface area contributed by atoms with E-state index in [-0.39, 0.29) is 30.8 Å². The van der Waals surface area contributed by atoms with Crippen molar-refractivity contribution in [1.82, 2.24) is 5.32 Å². The number of nitrogens with one attached hydrogen (secondary N) is 1. The van der Waals surface area contributed by atoms with Crippen molar-refractivity contribution >= 4 is 17.8 Å². The fourth-order valence-electron chi connectivity index (χ4n) is 5.40. The van der Waals surface area contributed by atoms with E-state index in [1.54, 1.807) is 20.8 Å². The summed E-state index contributed by atoms with van der Waals surface area (Å²) in [6.07, 6.45) is 6.26. The maximum Gasteiger partial charge on any atom is 0.407 e. The molecule has 6 heteroatoms. The Morgan fingerprint density at radius 1 is 1.00 bits per heavy atom. The van der Waals surface area contributed by atoms with Crippen LogP contribution in [0.25, 0.3) is 0 Å². The van der Waals surface area contributed by atoms with Crippen LogP contribution < -0.4 is 5.32 Å². The van der Waals surface area contributed by atoms with Crippen LogP contribution in [0.5, 0.6) is 0 Å². The van der Waals surface area contributed by atoms with E-state index in [1.807, 2.05) is 0 Å². The first-order valence-corrected chi connectivity index (χ1v) is 9.81. The molecule has 4 saturated carbocycles. The molecule has 4 aliphatic rings. The number of alkyl carbamates (subject to hydrolysis) is 1. The molecule has 0 saturated heterocycles. The van der Waals surface area contributed by atoms with Crippen LogP contribution in [0.4, 0.5) is 4.79 Å². The molecular weight excluding hydrogens is 334 g/mol. The van der Waals surface area contributed by atoms with Gasteiger partial charge in [0.15, 0.2) is 12.4 Å². The van der Waals surface area contributed by atoms with Gasteiger partial charge in [-0.1, -0.05) is 0 Å². The molecule has 1 N–H and O–H groups in total. The Kier molecular flexibility index (Phi) is 5.31. The number of Topliss-reactive ketones (excluding diaryl/α,β-unsaturated/α-hetero) is 1. The van der Waals surface area contributed by atoms with Gasteiger partial charge in [0.05, 0.1) is 6.42 Å². The summed E-state index contributed by atoms with van der Waals surface area (Å²) in [4.78, 5) is 36.2. The Hall–Kier alpha value is -1.59. The van der Waals surface area contributed by atoms with Gasteiger partial charge in [-0.15, -0.1) is 0 Å². The molecule has 4 fully saturated rings. The fraction of sp³-hybridized carbons (Fsp3) is 0.850. The number of esters is 1. The van der Waals surface area contributed by atoms with Crippen molar-refractivity contribution < 1.29 is 23.9 Å². The molecule has 0 unspecified atom stereocenters. The maximum absolute atomic E-state index is 12.8. The summed E-state index contributed by atoms with van der Waals surface area (Å²) in [6, 6.07) is 0. The van der Waals surface area contributed by atoms with Gasteiger partial charge in [-0.05, 0) is 77.0 Å². The lowest BCUT2D eigenvalue weighted by Gasteiger charge is -2.55. The highest BCUT2D eigenvalue weighted by Crippen LogP contribution is 2.60. The maximum atomic E-state index is 12.8. The van der Waals surface area contributed by atoms with Gasteiger partial charge in [-0.2, -0.15) is 0 Å². The molecule has 4 rings (SSSR count). The van der Waals surface area contributed by atoms with Crippen molar-refractivity contribution in [3.63, 3.8) is 0 Å². The Labute approximate surface area is 155 Å². The lowest BCUT2D eigenvalue weighted by atomic mass is 9.48. The summed E-state index contributed by atoms with van der Waals surface area (Å²) in [7, 11) is 0. The smallest absolute Gasteiger partial charge is 0.407 e. The number of rotatable bonds is 6. The predicted molar refractivity (Wildman–Crippen MR) is 95.4 cm³/mol. The number of ketones is 1. The summed E-state index contributed by atoms with van der Waals surface area (Å²) < 4.78 is 10.3. The minimum Gasteiger partial charge on any atom is -0.458 e. The number of hydrogen-bond donors (Lipinski definition) is 1. The van der Waals surface area contributed by atoms with E-state index in [0.717, 1.165) is 19.3 Å². The van der Waals surface area contributed by atoms with Crippen molar-refractivity contribution in [2.24, 2.45) is 23.2 Å². The zero-order valence-electron chi connectivity index (χ0n) is 16.1. The predicted octanol–water partition coefficient (Wildman–Crippen LogP) is 3.23. The molecule has 0 radical (unpaired) electrons. The second-order valence-corrected chi connectivity index (χ2v) is 9.46. The number of carbonyl (C=O) groups excluding carboxylic acids is 3. The minimum atomic E-state index is -0.575. The first-order valence-electron chi connectivity index (χ1n) is 9.81. The molecule has 0 atom stereocenters. The molecule has 0 heterocycles. The van der Waals surface area contributed by atoms with Crippen LogP contribution in [0.2, 0.25) is 0 Å². The highest BCUT2D eigenvalue weighted by atomic mass is 16.6. The van der Waals surface area contributed by atoms with Crippen molar-refractivity contribution in [2.45, 2.75) is 71.3 Å². The molecule has 0 aromatic carbocycles. The molecule has 4 bridgehead atoms. The van der Waals surface area contributed by atoms with Gasteiger partial charge in [0, 0.05) is 12.0 Å². The molecule has 0 aliphatic heterocycles. The number of ether oxygens (including phenoxy) is 2. The van der Waals surface area contributed by atoms with E-state index in [1.165, 1.54) is 19.3 Å². The largest absolute Gasteiger partial charge is 0.458 e. The monoisotopic (exact) mass is 365 g/mol. The Bertz CT molecular complexity index is 542. The average molecular weight is 365 g/mol. The van der Waals surface area contributed by atoms with Crippen molar-refractivity contribution in [1.29, 1.82) is 0 Å². The zero-order valence-corrected chi connectivity index (χ0v) is 16.1. The molecule has 1 amide bonds. The second-order valence-electron chi connectivity index (χ2n) is 9.46. The lowest BCUT2D eigenvalue weighted by Crippen LogP contribution is -2.51. The van der Waals surface area contributed by atoms with Gasteiger partial charge in [0.25, 0.3) is 0 Å². The average Bonchev–Trinajstić information content (AvgIpc) is 2.49. The third-order valence-corrected chi connectivity index (χ3v) is 5.99. The molecule has 0 aromatic rings. The fourth-order valence-corrected chi connectivity index (χ4v) is 5.40. The molecule has 6 nitrogen and oxygen atoms in total. The van der Waals surface area contributed by atoms with Crippen LogP contribution in [0, 0.1) is 23.2 Å². The topological polar surface area (TPSA) is 81.7 Å². The van der Waals surface area contributed by atoms with Crippen LogP contribution in [0.1, 0.15) is 65.7 Å². The van der Waals surface area contributed by atoms with Gasteiger partial charge < -0.3 is 14.8 Å². The van der Waals surface area contributed by atoms with Crippen LogP contribution in [-0.4, -0.2) is 36.6 Å². The van der Waals surface area contributed by atoms with Gasteiger partial charge >= 0.3 is 12.1 Å². The van der Waals surface area contributed by atoms with Crippen LogP contribution in [0.3, 0.4) is 0 Å². The third kappa shape index (κ3) is 4.57. The van der Waals surface area contributed by atoms with E-state index in [2.05, 4.69) is 5.32 Å². The van der Waals surface area contributed by atoms with Crippen LogP contribution in [0.15, 0.2) is 0 Å². The SMILES string of the molecule is CC(C)(C)OC(=O)NCCC(=O)OCC(=O)C12CC3CC(CC(C3)C1)C2. The van der Waals surface area contributed by atoms with E-state index in [9.17, 15) is 14.4 Å². The number of carbonyl (C=O) groups is 3. The summed E-state index contributed by atoms with van der Waals surface area (Å²) >= 11 is 0. The van der Waals surface area contributed by atoms with E-state index in [0.29, 0.717) is 17.8 Å².